The van der Waals surface area contributed by atoms with E-state index in [1.165, 1.54) is 11.6 Å². The number of aryl methyl sites for hydroxylation is 1. The minimum atomic E-state index is -0.383. The highest BCUT2D eigenvalue weighted by Crippen LogP contribution is 2.34. The van der Waals surface area contributed by atoms with Crippen molar-refractivity contribution >= 4 is 22.5 Å². The number of halogens is 1. The van der Waals surface area contributed by atoms with E-state index in [1.54, 1.807) is 30.1 Å². The maximum absolute atomic E-state index is 12.9. The SMILES string of the molecule is Cn1c(=O)c2c(-c3ccccc3Cl)n(-c3ccccn3)cc2n(C)c1=O. The number of rotatable bonds is 2. The van der Waals surface area contributed by atoms with Gasteiger partial charge in [0.05, 0.1) is 16.6 Å². The summed E-state index contributed by atoms with van der Waals surface area (Å²) in [6, 6.07) is 12.8. The topological polar surface area (TPSA) is 61.8 Å². The number of hydrogen-bond donors (Lipinski definition) is 0. The summed E-state index contributed by atoms with van der Waals surface area (Å²) in [5, 5.41) is 0.939. The zero-order chi connectivity index (χ0) is 18.4. The van der Waals surface area contributed by atoms with E-state index in [-0.39, 0.29) is 11.2 Å². The second-order valence-corrected chi connectivity index (χ2v) is 6.39. The first kappa shape index (κ1) is 16.4. The molecule has 0 atom stereocenters. The third-order valence-electron chi connectivity index (χ3n) is 4.46. The molecule has 6 nitrogen and oxygen atoms in total. The average Bonchev–Trinajstić information content (AvgIpc) is 3.06. The van der Waals surface area contributed by atoms with Crippen LogP contribution in [0.4, 0.5) is 0 Å². The van der Waals surface area contributed by atoms with Gasteiger partial charge in [-0.2, -0.15) is 0 Å². The van der Waals surface area contributed by atoms with E-state index in [4.69, 9.17) is 11.6 Å². The molecule has 4 aromatic rings. The normalized spacial score (nSPS) is 11.2. The van der Waals surface area contributed by atoms with E-state index in [2.05, 4.69) is 4.98 Å². The highest BCUT2D eigenvalue weighted by molar-refractivity contribution is 6.33. The highest BCUT2D eigenvalue weighted by Gasteiger charge is 2.21. The molecule has 0 aliphatic heterocycles. The molecule has 0 amide bonds. The maximum Gasteiger partial charge on any atom is 0.330 e. The van der Waals surface area contributed by atoms with Gasteiger partial charge < -0.3 is 0 Å². The Morgan fingerprint density at radius 1 is 0.962 bits per heavy atom. The summed E-state index contributed by atoms with van der Waals surface area (Å²) in [7, 11) is 3.11. The number of fused-ring (bicyclic) bond motifs is 1. The molecule has 0 saturated heterocycles. The number of nitrogens with zero attached hydrogens (tertiary/aromatic N) is 4. The molecule has 3 heterocycles. The lowest BCUT2D eigenvalue weighted by atomic mass is 10.1. The maximum atomic E-state index is 12.9. The van der Waals surface area contributed by atoms with E-state index >= 15 is 0 Å². The van der Waals surface area contributed by atoms with Crippen LogP contribution in [0.2, 0.25) is 5.02 Å². The number of aromatic nitrogens is 4. The fraction of sp³-hybridized carbons (Fsp3) is 0.105. The molecule has 0 bridgehead atoms. The van der Waals surface area contributed by atoms with Crippen molar-refractivity contribution in [3.8, 4) is 17.1 Å². The molecule has 0 spiro atoms. The molecule has 4 rings (SSSR count). The van der Waals surface area contributed by atoms with Gasteiger partial charge in [-0.15, -0.1) is 0 Å². The summed E-state index contributed by atoms with van der Waals surface area (Å²) in [6.45, 7) is 0. The first-order chi connectivity index (χ1) is 12.5. The van der Waals surface area contributed by atoms with Crippen molar-refractivity contribution in [2.75, 3.05) is 0 Å². The average molecular weight is 367 g/mol. The minimum absolute atomic E-state index is 0.368. The molecule has 3 aromatic heterocycles. The van der Waals surface area contributed by atoms with Crippen LogP contribution in [0.25, 0.3) is 28.0 Å². The Hall–Kier alpha value is -3.12. The summed E-state index contributed by atoms with van der Waals surface area (Å²) in [5.74, 6) is 0.633. The monoisotopic (exact) mass is 366 g/mol. The van der Waals surface area contributed by atoms with Gasteiger partial charge in [-0.25, -0.2) is 9.78 Å². The van der Waals surface area contributed by atoms with Gasteiger partial charge in [0.2, 0.25) is 0 Å². The first-order valence-electron chi connectivity index (χ1n) is 7.98. The van der Waals surface area contributed by atoms with Crippen LogP contribution < -0.4 is 11.2 Å². The largest absolute Gasteiger partial charge is 0.330 e. The van der Waals surface area contributed by atoms with Crippen molar-refractivity contribution in [2.45, 2.75) is 0 Å². The molecule has 7 heteroatoms. The van der Waals surface area contributed by atoms with Crippen molar-refractivity contribution in [1.29, 1.82) is 0 Å². The Bertz CT molecular complexity index is 1250. The Morgan fingerprint density at radius 2 is 1.69 bits per heavy atom. The summed E-state index contributed by atoms with van der Waals surface area (Å²) < 4.78 is 4.36. The van der Waals surface area contributed by atoms with Crippen molar-refractivity contribution in [1.82, 2.24) is 18.7 Å². The second-order valence-electron chi connectivity index (χ2n) is 5.98. The van der Waals surface area contributed by atoms with Crippen LogP contribution >= 0.6 is 11.6 Å². The van der Waals surface area contributed by atoms with Gasteiger partial charge in [0.25, 0.3) is 5.56 Å². The molecular weight excluding hydrogens is 352 g/mol. The van der Waals surface area contributed by atoms with Gasteiger partial charge in [0.15, 0.2) is 0 Å². The Balaban J connectivity index is 2.26. The molecule has 0 aliphatic carbocycles. The molecule has 26 heavy (non-hydrogen) atoms. The Morgan fingerprint density at radius 3 is 2.38 bits per heavy atom. The van der Waals surface area contributed by atoms with E-state index in [1.807, 2.05) is 36.4 Å². The lowest BCUT2D eigenvalue weighted by Crippen LogP contribution is -2.36. The molecule has 130 valence electrons. The van der Waals surface area contributed by atoms with Gasteiger partial charge in [-0.1, -0.05) is 35.9 Å². The van der Waals surface area contributed by atoms with Gasteiger partial charge in [0.1, 0.15) is 5.82 Å². The van der Waals surface area contributed by atoms with Gasteiger partial charge in [-0.05, 0) is 18.2 Å². The smallest absolute Gasteiger partial charge is 0.298 e. The molecule has 0 fully saturated rings. The quantitative estimate of drug-likeness (QED) is 0.548. The van der Waals surface area contributed by atoms with E-state index < -0.39 is 0 Å². The Kier molecular flexibility index (Phi) is 3.77. The lowest BCUT2D eigenvalue weighted by molar-refractivity contribution is 0.714. The van der Waals surface area contributed by atoms with Crippen molar-refractivity contribution in [3.63, 3.8) is 0 Å². The van der Waals surface area contributed by atoms with Crippen LogP contribution in [-0.4, -0.2) is 18.7 Å². The molecule has 0 aliphatic rings. The number of benzene rings is 1. The number of pyridine rings is 1. The third kappa shape index (κ3) is 2.30. The van der Waals surface area contributed by atoms with Crippen LogP contribution in [0.15, 0.2) is 64.4 Å². The van der Waals surface area contributed by atoms with E-state index in [9.17, 15) is 9.59 Å². The molecule has 1 aromatic carbocycles. The van der Waals surface area contributed by atoms with Crippen LogP contribution in [-0.2, 0) is 14.1 Å². The Labute approximate surface area is 153 Å². The van der Waals surface area contributed by atoms with Gasteiger partial charge in [0, 0.05) is 37.1 Å². The molecule has 0 saturated carbocycles. The van der Waals surface area contributed by atoms with Crippen molar-refractivity contribution < 1.29 is 0 Å². The second kappa shape index (κ2) is 6.00. The first-order valence-corrected chi connectivity index (χ1v) is 8.36. The number of hydrogen-bond acceptors (Lipinski definition) is 3. The standard InChI is InChI=1S/C19H15ClN4O2/c1-22-14-11-24(15-9-5-6-10-21-15)17(12-7-3-4-8-13(12)20)16(14)18(25)23(2)19(22)26/h3-11H,1-2H3. The van der Waals surface area contributed by atoms with Crippen molar-refractivity contribution in [3.05, 3.63) is 80.7 Å². The fourth-order valence-electron chi connectivity index (χ4n) is 3.14. The lowest BCUT2D eigenvalue weighted by Gasteiger charge is -2.10. The van der Waals surface area contributed by atoms with Crippen LogP contribution in [0.5, 0.6) is 0 Å². The van der Waals surface area contributed by atoms with Crippen molar-refractivity contribution in [2.24, 2.45) is 14.1 Å². The van der Waals surface area contributed by atoms with Crippen LogP contribution in [0.1, 0.15) is 0 Å². The zero-order valence-corrected chi connectivity index (χ0v) is 14.9. The van der Waals surface area contributed by atoms with Gasteiger partial charge in [-0.3, -0.25) is 18.5 Å². The predicted octanol–water partition coefficient (Wildman–Crippen LogP) is 2.74. The summed E-state index contributed by atoms with van der Waals surface area (Å²) in [5.41, 5.74) is 1.09. The van der Waals surface area contributed by atoms with E-state index in [0.29, 0.717) is 33.0 Å². The predicted molar refractivity (Wildman–Crippen MR) is 102 cm³/mol. The van der Waals surface area contributed by atoms with Crippen LogP contribution in [0, 0.1) is 0 Å². The molecular formula is C19H15ClN4O2. The fourth-order valence-corrected chi connectivity index (χ4v) is 3.36. The third-order valence-corrected chi connectivity index (χ3v) is 4.79. The highest BCUT2D eigenvalue weighted by atomic mass is 35.5. The van der Waals surface area contributed by atoms with E-state index in [0.717, 1.165) is 4.57 Å². The molecule has 0 radical (unpaired) electrons. The summed E-state index contributed by atoms with van der Waals surface area (Å²) in [4.78, 5) is 29.7. The summed E-state index contributed by atoms with van der Waals surface area (Å²) >= 11 is 6.43. The van der Waals surface area contributed by atoms with Crippen LogP contribution in [0.3, 0.4) is 0 Å². The summed E-state index contributed by atoms with van der Waals surface area (Å²) in [6.07, 6.45) is 3.42. The molecule has 0 N–H and O–H groups in total. The zero-order valence-electron chi connectivity index (χ0n) is 14.2. The molecule has 0 unspecified atom stereocenters. The minimum Gasteiger partial charge on any atom is -0.298 e. The van der Waals surface area contributed by atoms with Gasteiger partial charge >= 0.3 is 5.69 Å².